The molecule has 24 heavy (non-hydrogen) atoms. The van der Waals surface area contributed by atoms with Crippen LogP contribution in [0.2, 0.25) is 0 Å². The van der Waals surface area contributed by atoms with Gasteiger partial charge in [0.05, 0.1) is 6.61 Å². The summed E-state index contributed by atoms with van der Waals surface area (Å²) in [6.45, 7) is 4.17. The molecule has 130 valence electrons. The van der Waals surface area contributed by atoms with Crippen molar-refractivity contribution in [3.05, 3.63) is 23.3 Å². The smallest absolute Gasteiger partial charge is 0.163 e. The second-order valence-corrected chi connectivity index (χ2v) is 6.41. The van der Waals surface area contributed by atoms with E-state index in [0.29, 0.717) is 19.4 Å². The van der Waals surface area contributed by atoms with Crippen LogP contribution in [0, 0.1) is 23.7 Å². The minimum atomic E-state index is -0.869. The summed E-state index contributed by atoms with van der Waals surface area (Å²) in [5, 5.41) is 18.9. The van der Waals surface area contributed by atoms with E-state index in [1.165, 1.54) is 0 Å². The fourth-order valence-electron chi connectivity index (χ4n) is 2.58. The molecule has 0 aromatic heterocycles. The van der Waals surface area contributed by atoms with Crippen molar-refractivity contribution < 1.29 is 19.7 Å². The highest BCUT2D eigenvalue weighted by Crippen LogP contribution is 2.25. The zero-order valence-corrected chi connectivity index (χ0v) is 14.5. The van der Waals surface area contributed by atoms with Gasteiger partial charge < -0.3 is 19.7 Å². The maximum atomic E-state index is 10.2. The van der Waals surface area contributed by atoms with E-state index in [9.17, 15) is 5.11 Å². The predicted octanol–water partition coefficient (Wildman–Crippen LogP) is 2.31. The van der Waals surface area contributed by atoms with Crippen molar-refractivity contribution in [2.75, 3.05) is 13.2 Å². The highest BCUT2D eigenvalue weighted by molar-refractivity contribution is 5.49. The number of rotatable bonds is 3. The Morgan fingerprint density at radius 2 is 2.29 bits per heavy atom. The number of aliphatic hydroxyl groups is 2. The quantitative estimate of drug-likeness (QED) is 0.616. The highest BCUT2D eigenvalue weighted by Gasteiger charge is 2.36. The van der Waals surface area contributed by atoms with Crippen molar-refractivity contribution in [2.24, 2.45) is 0 Å². The Bertz CT molecular complexity index is 607. The molecule has 1 aliphatic carbocycles. The van der Waals surface area contributed by atoms with Crippen molar-refractivity contribution in [3.63, 3.8) is 0 Å². The highest BCUT2D eigenvalue weighted by atomic mass is 16.7. The molecule has 2 rings (SSSR count). The van der Waals surface area contributed by atoms with Gasteiger partial charge in [-0.05, 0) is 51.2 Å². The van der Waals surface area contributed by atoms with Crippen molar-refractivity contribution in [3.8, 4) is 23.7 Å². The van der Waals surface area contributed by atoms with Gasteiger partial charge >= 0.3 is 0 Å². The minimum absolute atomic E-state index is 0.170. The van der Waals surface area contributed by atoms with Gasteiger partial charge in [-0.15, -0.1) is 0 Å². The molecule has 0 aromatic rings. The lowest BCUT2D eigenvalue weighted by Crippen LogP contribution is -2.29. The molecular formula is C20H26O4. The zero-order chi connectivity index (χ0) is 17.4. The van der Waals surface area contributed by atoms with Gasteiger partial charge in [0, 0.05) is 18.6 Å². The number of aliphatic hydroxyl groups excluding tert-OH is 2. The topological polar surface area (TPSA) is 58.9 Å². The van der Waals surface area contributed by atoms with E-state index in [0.717, 1.165) is 30.4 Å². The van der Waals surface area contributed by atoms with E-state index < -0.39 is 18.0 Å². The number of ether oxygens (including phenoxy) is 2. The average molecular weight is 330 g/mol. The van der Waals surface area contributed by atoms with Gasteiger partial charge in [0.25, 0.3) is 0 Å². The third-order valence-corrected chi connectivity index (χ3v) is 3.89. The van der Waals surface area contributed by atoms with E-state index in [1.807, 2.05) is 19.9 Å². The van der Waals surface area contributed by atoms with Gasteiger partial charge in [-0.3, -0.25) is 0 Å². The fourth-order valence-corrected chi connectivity index (χ4v) is 2.58. The Morgan fingerprint density at radius 3 is 3.00 bits per heavy atom. The lowest BCUT2D eigenvalue weighted by atomic mass is 9.93. The zero-order valence-electron chi connectivity index (χ0n) is 14.5. The lowest BCUT2D eigenvalue weighted by Gasteiger charge is -2.18. The van der Waals surface area contributed by atoms with Gasteiger partial charge in [-0.25, -0.2) is 0 Å². The first-order chi connectivity index (χ1) is 11.5. The molecule has 1 saturated heterocycles. The number of hydrogen-bond acceptors (Lipinski definition) is 4. The molecule has 1 aliphatic heterocycles. The number of hydrogen-bond donors (Lipinski definition) is 2. The predicted molar refractivity (Wildman–Crippen MR) is 92.8 cm³/mol. The van der Waals surface area contributed by atoms with Gasteiger partial charge in [0.15, 0.2) is 5.79 Å². The summed E-state index contributed by atoms with van der Waals surface area (Å²) in [5.41, 5.74) is 2.05. The molecule has 2 aliphatic rings. The molecule has 0 bridgehead atoms. The largest absolute Gasteiger partial charge is 0.396 e. The first-order valence-electron chi connectivity index (χ1n) is 8.52. The molecule has 1 unspecified atom stereocenters. The summed E-state index contributed by atoms with van der Waals surface area (Å²) in [7, 11) is 0. The molecule has 4 nitrogen and oxygen atoms in total. The summed E-state index contributed by atoms with van der Waals surface area (Å²) < 4.78 is 11.1. The van der Waals surface area contributed by atoms with Crippen LogP contribution in [0.5, 0.6) is 0 Å². The third kappa shape index (κ3) is 5.82. The summed E-state index contributed by atoms with van der Waals surface area (Å²) in [5.74, 6) is 11.4. The van der Waals surface area contributed by atoms with Crippen LogP contribution in [0.4, 0.5) is 0 Å². The van der Waals surface area contributed by atoms with Crippen LogP contribution >= 0.6 is 0 Å². The Labute approximate surface area is 144 Å². The van der Waals surface area contributed by atoms with Crippen molar-refractivity contribution in [1.82, 2.24) is 0 Å². The van der Waals surface area contributed by atoms with Crippen LogP contribution < -0.4 is 0 Å². The van der Waals surface area contributed by atoms with Gasteiger partial charge in [0.1, 0.15) is 12.2 Å². The second kappa shape index (κ2) is 9.06. The van der Waals surface area contributed by atoms with E-state index in [4.69, 9.17) is 14.6 Å². The monoisotopic (exact) mass is 330 g/mol. The number of unbranched alkanes of at least 4 members (excludes halogenated alkanes) is 1. The number of allylic oxidation sites excluding steroid dienone is 4. The van der Waals surface area contributed by atoms with E-state index in [2.05, 4.69) is 29.8 Å². The summed E-state index contributed by atoms with van der Waals surface area (Å²) in [6.07, 6.45) is 7.14. The van der Waals surface area contributed by atoms with Crippen molar-refractivity contribution >= 4 is 0 Å². The fraction of sp³-hybridized carbons (Fsp3) is 0.600. The molecule has 2 N–H and O–H groups in total. The van der Waals surface area contributed by atoms with Crippen LogP contribution in [0.15, 0.2) is 23.3 Å². The molecule has 2 atom stereocenters. The lowest BCUT2D eigenvalue weighted by molar-refractivity contribution is -0.146. The molecule has 0 aromatic carbocycles. The Balaban J connectivity index is 2.00. The normalized spacial score (nSPS) is 25.2. The van der Waals surface area contributed by atoms with Crippen LogP contribution in [0.3, 0.4) is 0 Å². The van der Waals surface area contributed by atoms with Gasteiger partial charge in [-0.1, -0.05) is 29.8 Å². The molecule has 1 fully saturated rings. The van der Waals surface area contributed by atoms with Crippen LogP contribution in [-0.4, -0.2) is 41.4 Å². The van der Waals surface area contributed by atoms with E-state index in [-0.39, 0.29) is 6.61 Å². The first-order valence-corrected chi connectivity index (χ1v) is 8.52. The SMILES string of the molecule is CC1(C)OC[C@H](C(O)C#CC2=CCCC/C2=C/C#CCCCO)O1. The van der Waals surface area contributed by atoms with Crippen molar-refractivity contribution in [1.29, 1.82) is 0 Å². The second-order valence-electron chi connectivity index (χ2n) is 6.41. The Kier molecular flexibility index (Phi) is 7.09. The average Bonchev–Trinajstić information content (AvgIpc) is 2.93. The third-order valence-electron chi connectivity index (χ3n) is 3.89. The van der Waals surface area contributed by atoms with Crippen LogP contribution in [0.1, 0.15) is 46.0 Å². The summed E-state index contributed by atoms with van der Waals surface area (Å²) in [4.78, 5) is 0. The molecule has 4 heteroatoms. The molecule has 0 radical (unpaired) electrons. The summed E-state index contributed by atoms with van der Waals surface area (Å²) in [6, 6.07) is 0. The van der Waals surface area contributed by atoms with Crippen molar-refractivity contribution in [2.45, 2.75) is 63.9 Å². The van der Waals surface area contributed by atoms with Gasteiger partial charge in [0.2, 0.25) is 0 Å². The molecule has 0 spiro atoms. The molecule has 1 heterocycles. The Morgan fingerprint density at radius 1 is 1.46 bits per heavy atom. The van der Waals surface area contributed by atoms with Crippen LogP contribution in [0.25, 0.3) is 0 Å². The minimum Gasteiger partial charge on any atom is -0.396 e. The van der Waals surface area contributed by atoms with E-state index >= 15 is 0 Å². The molecule has 0 saturated carbocycles. The Hall–Kier alpha value is -1.56. The summed E-state index contributed by atoms with van der Waals surface area (Å²) >= 11 is 0. The maximum Gasteiger partial charge on any atom is 0.163 e. The maximum absolute atomic E-state index is 10.2. The van der Waals surface area contributed by atoms with Gasteiger partial charge in [-0.2, -0.15) is 0 Å². The van der Waals surface area contributed by atoms with Crippen LogP contribution in [-0.2, 0) is 9.47 Å². The molecule has 0 amide bonds. The first kappa shape index (κ1) is 18.8. The standard InChI is InChI=1S/C20H26O4/c1-20(2)23-15-19(24-20)18(22)13-12-17-11-7-6-10-16(17)9-5-3-4-8-14-21/h9,11,18-19,21-22H,4,6-8,10,14-15H2,1-2H3/b16-9-/t18?,19-/m1/s1. The molecular weight excluding hydrogens is 304 g/mol. The van der Waals surface area contributed by atoms with E-state index in [1.54, 1.807) is 0 Å².